The average molecular weight is 383 g/mol. The summed E-state index contributed by atoms with van der Waals surface area (Å²) >= 11 is 0. The standard InChI is InChI=1S/C23H30N2O3/c1-17(2)20-12-8-9-13-21(20)28-16-22(26)25(18(3)23(27)24-4)15-14-19-10-6-5-7-11-19/h5-13,17-18H,14-16H2,1-4H3,(H,24,27)/t18-/m0/s1. The van der Waals surface area contributed by atoms with Crippen molar-refractivity contribution in [1.29, 1.82) is 0 Å². The number of rotatable bonds is 9. The molecule has 0 spiro atoms. The molecule has 0 radical (unpaired) electrons. The maximum absolute atomic E-state index is 12.9. The van der Waals surface area contributed by atoms with E-state index in [1.807, 2.05) is 54.6 Å². The fourth-order valence-electron chi connectivity index (χ4n) is 3.09. The summed E-state index contributed by atoms with van der Waals surface area (Å²) in [5, 5.41) is 2.62. The van der Waals surface area contributed by atoms with Crippen molar-refractivity contribution in [2.75, 3.05) is 20.2 Å². The molecule has 2 aromatic carbocycles. The van der Waals surface area contributed by atoms with Crippen molar-refractivity contribution in [3.8, 4) is 5.75 Å². The van der Waals surface area contributed by atoms with Crippen LogP contribution >= 0.6 is 0 Å². The number of nitrogens with zero attached hydrogens (tertiary/aromatic N) is 1. The highest BCUT2D eigenvalue weighted by atomic mass is 16.5. The van der Waals surface area contributed by atoms with Gasteiger partial charge in [0.05, 0.1) is 0 Å². The van der Waals surface area contributed by atoms with E-state index in [-0.39, 0.29) is 18.4 Å². The van der Waals surface area contributed by atoms with Crippen LogP contribution in [0.4, 0.5) is 0 Å². The van der Waals surface area contributed by atoms with Gasteiger partial charge in [0, 0.05) is 13.6 Å². The zero-order chi connectivity index (χ0) is 20.5. The Labute approximate surface area is 167 Å². The van der Waals surface area contributed by atoms with Crippen LogP contribution in [-0.4, -0.2) is 43.0 Å². The van der Waals surface area contributed by atoms with E-state index in [2.05, 4.69) is 19.2 Å². The number of ether oxygens (including phenoxy) is 1. The third-order valence-corrected chi connectivity index (χ3v) is 4.79. The Morgan fingerprint density at radius 3 is 2.29 bits per heavy atom. The quantitative estimate of drug-likeness (QED) is 0.723. The summed E-state index contributed by atoms with van der Waals surface area (Å²) in [6.45, 7) is 6.27. The van der Waals surface area contributed by atoms with E-state index in [0.717, 1.165) is 11.1 Å². The summed E-state index contributed by atoms with van der Waals surface area (Å²) in [6, 6.07) is 17.1. The Balaban J connectivity index is 2.09. The summed E-state index contributed by atoms with van der Waals surface area (Å²) in [7, 11) is 1.58. The topological polar surface area (TPSA) is 58.6 Å². The molecule has 1 N–H and O–H groups in total. The molecule has 5 nitrogen and oxygen atoms in total. The normalized spacial score (nSPS) is 11.8. The van der Waals surface area contributed by atoms with Gasteiger partial charge in [0.1, 0.15) is 11.8 Å². The third-order valence-electron chi connectivity index (χ3n) is 4.79. The molecule has 0 bridgehead atoms. The Morgan fingerprint density at radius 1 is 1.00 bits per heavy atom. The lowest BCUT2D eigenvalue weighted by atomic mass is 10.0. The second kappa shape index (κ2) is 10.5. The number of amides is 2. The van der Waals surface area contributed by atoms with Crippen LogP contribution in [0.5, 0.6) is 5.75 Å². The Bertz CT molecular complexity index is 774. The van der Waals surface area contributed by atoms with Gasteiger partial charge < -0.3 is 15.0 Å². The van der Waals surface area contributed by atoms with Gasteiger partial charge in [-0.1, -0.05) is 62.4 Å². The molecular formula is C23H30N2O3. The Hall–Kier alpha value is -2.82. The SMILES string of the molecule is CNC(=O)[C@H](C)N(CCc1ccccc1)C(=O)COc1ccccc1C(C)C. The Kier molecular flexibility index (Phi) is 8.05. The number of para-hydroxylation sites is 1. The van der Waals surface area contributed by atoms with E-state index in [1.165, 1.54) is 0 Å². The van der Waals surface area contributed by atoms with E-state index < -0.39 is 6.04 Å². The lowest BCUT2D eigenvalue weighted by Gasteiger charge is -2.28. The van der Waals surface area contributed by atoms with Gasteiger partial charge in [-0.25, -0.2) is 0 Å². The van der Waals surface area contributed by atoms with Crippen molar-refractivity contribution in [3.63, 3.8) is 0 Å². The average Bonchev–Trinajstić information content (AvgIpc) is 2.72. The molecule has 0 aliphatic carbocycles. The summed E-state index contributed by atoms with van der Waals surface area (Å²) in [6.07, 6.45) is 0.677. The first-order valence-corrected chi connectivity index (χ1v) is 9.70. The minimum atomic E-state index is -0.565. The van der Waals surface area contributed by atoms with Crippen molar-refractivity contribution in [2.45, 2.75) is 39.2 Å². The molecule has 0 unspecified atom stereocenters. The van der Waals surface area contributed by atoms with Crippen molar-refractivity contribution in [1.82, 2.24) is 10.2 Å². The van der Waals surface area contributed by atoms with Gasteiger partial charge in [-0.15, -0.1) is 0 Å². The van der Waals surface area contributed by atoms with Crippen LogP contribution < -0.4 is 10.1 Å². The van der Waals surface area contributed by atoms with Crippen LogP contribution in [0, 0.1) is 0 Å². The summed E-state index contributed by atoms with van der Waals surface area (Å²) < 4.78 is 5.83. The van der Waals surface area contributed by atoms with Gasteiger partial charge in [0.15, 0.2) is 6.61 Å². The monoisotopic (exact) mass is 382 g/mol. The molecule has 0 fully saturated rings. The van der Waals surface area contributed by atoms with Crippen LogP contribution in [0.1, 0.15) is 37.8 Å². The van der Waals surface area contributed by atoms with Crippen molar-refractivity contribution >= 4 is 11.8 Å². The molecule has 0 saturated heterocycles. The van der Waals surface area contributed by atoms with Gasteiger partial charge in [-0.3, -0.25) is 9.59 Å². The third kappa shape index (κ3) is 5.84. The largest absolute Gasteiger partial charge is 0.483 e. The zero-order valence-corrected chi connectivity index (χ0v) is 17.1. The molecule has 150 valence electrons. The number of hydrogen-bond donors (Lipinski definition) is 1. The van der Waals surface area contributed by atoms with Gasteiger partial charge in [0.25, 0.3) is 5.91 Å². The van der Waals surface area contributed by atoms with E-state index in [4.69, 9.17) is 4.74 Å². The van der Waals surface area contributed by atoms with E-state index in [1.54, 1.807) is 18.9 Å². The van der Waals surface area contributed by atoms with E-state index >= 15 is 0 Å². The van der Waals surface area contributed by atoms with Gasteiger partial charge in [-0.2, -0.15) is 0 Å². The molecule has 2 aromatic rings. The molecule has 5 heteroatoms. The number of nitrogens with one attached hydrogen (secondary N) is 1. The molecule has 0 aromatic heterocycles. The second-order valence-electron chi connectivity index (χ2n) is 7.09. The lowest BCUT2D eigenvalue weighted by molar-refractivity contribution is -0.141. The van der Waals surface area contributed by atoms with E-state index in [9.17, 15) is 9.59 Å². The lowest BCUT2D eigenvalue weighted by Crippen LogP contribution is -2.49. The number of carbonyl (C=O) groups is 2. The smallest absolute Gasteiger partial charge is 0.261 e. The number of benzene rings is 2. The minimum absolute atomic E-state index is 0.0974. The fraction of sp³-hybridized carbons (Fsp3) is 0.391. The molecule has 0 aliphatic heterocycles. The first kappa shape index (κ1) is 21.5. The van der Waals surface area contributed by atoms with Crippen molar-refractivity contribution in [2.24, 2.45) is 0 Å². The molecule has 0 heterocycles. The molecule has 0 saturated carbocycles. The molecule has 2 rings (SSSR count). The number of carbonyl (C=O) groups excluding carboxylic acids is 2. The highest BCUT2D eigenvalue weighted by molar-refractivity contribution is 5.87. The second-order valence-corrected chi connectivity index (χ2v) is 7.09. The Morgan fingerprint density at radius 2 is 1.64 bits per heavy atom. The highest BCUT2D eigenvalue weighted by Gasteiger charge is 2.25. The van der Waals surface area contributed by atoms with Crippen LogP contribution in [0.25, 0.3) is 0 Å². The number of hydrogen-bond acceptors (Lipinski definition) is 3. The van der Waals surface area contributed by atoms with Crippen molar-refractivity contribution in [3.05, 3.63) is 65.7 Å². The van der Waals surface area contributed by atoms with Crippen molar-refractivity contribution < 1.29 is 14.3 Å². The summed E-state index contributed by atoms with van der Waals surface area (Å²) in [5.74, 6) is 0.612. The predicted octanol–water partition coefficient (Wildman–Crippen LogP) is 3.39. The zero-order valence-electron chi connectivity index (χ0n) is 17.1. The van der Waals surface area contributed by atoms with Gasteiger partial charge in [-0.05, 0) is 36.5 Å². The van der Waals surface area contributed by atoms with Crippen LogP contribution in [0.2, 0.25) is 0 Å². The van der Waals surface area contributed by atoms with E-state index in [0.29, 0.717) is 24.6 Å². The molecule has 28 heavy (non-hydrogen) atoms. The maximum atomic E-state index is 12.9. The fourth-order valence-corrected chi connectivity index (χ4v) is 3.09. The van der Waals surface area contributed by atoms with Crippen LogP contribution in [-0.2, 0) is 16.0 Å². The van der Waals surface area contributed by atoms with Crippen LogP contribution in [0.15, 0.2) is 54.6 Å². The number of likely N-dealkylation sites (N-methyl/N-ethyl adjacent to an activating group) is 1. The summed E-state index contributed by atoms with van der Waals surface area (Å²) in [5.41, 5.74) is 2.18. The summed E-state index contributed by atoms with van der Waals surface area (Å²) in [4.78, 5) is 26.6. The first-order chi connectivity index (χ1) is 13.4. The minimum Gasteiger partial charge on any atom is -0.483 e. The molecule has 1 atom stereocenters. The van der Waals surface area contributed by atoms with Crippen LogP contribution in [0.3, 0.4) is 0 Å². The van der Waals surface area contributed by atoms with Gasteiger partial charge in [0.2, 0.25) is 5.91 Å². The molecule has 2 amide bonds. The predicted molar refractivity (Wildman–Crippen MR) is 111 cm³/mol. The highest BCUT2D eigenvalue weighted by Crippen LogP contribution is 2.25. The molecular weight excluding hydrogens is 352 g/mol. The maximum Gasteiger partial charge on any atom is 0.261 e. The first-order valence-electron chi connectivity index (χ1n) is 9.70. The molecule has 0 aliphatic rings. The van der Waals surface area contributed by atoms with Gasteiger partial charge >= 0.3 is 0 Å².